The lowest BCUT2D eigenvalue weighted by molar-refractivity contribution is -0.384. The Hall–Kier alpha value is -1.55. The van der Waals surface area contributed by atoms with Gasteiger partial charge in [-0.2, -0.15) is 0 Å². The van der Waals surface area contributed by atoms with Gasteiger partial charge in [-0.1, -0.05) is 0 Å². The Morgan fingerprint density at radius 1 is 1.53 bits per heavy atom. The number of nitro groups is 1. The lowest BCUT2D eigenvalue weighted by Gasteiger charge is -2.05. The fourth-order valence-electron chi connectivity index (χ4n) is 1.39. The minimum Gasteiger partial charge on any atom is -0.345 e. The maximum absolute atomic E-state index is 12.0. The summed E-state index contributed by atoms with van der Waals surface area (Å²) in [4.78, 5) is 26.2. The first-order valence-electron chi connectivity index (χ1n) is 5.18. The van der Waals surface area contributed by atoms with Crippen LogP contribution >= 0.6 is 33.9 Å². The van der Waals surface area contributed by atoms with E-state index in [4.69, 9.17) is 0 Å². The first kappa shape index (κ1) is 13.9. The van der Waals surface area contributed by atoms with Gasteiger partial charge in [0.2, 0.25) is 0 Å². The van der Waals surface area contributed by atoms with Gasteiger partial charge in [-0.25, -0.2) is 4.98 Å². The molecule has 19 heavy (non-hydrogen) atoms. The summed E-state index contributed by atoms with van der Waals surface area (Å²) in [6, 6.07) is 4.20. The van der Waals surface area contributed by atoms with Crippen LogP contribution in [0.3, 0.4) is 0 Å². The molecule has 1 amide bonds. The SMILES string of the molecule is O=C(NCc1nccs1)c1cc([N+](=O)[O-])ccc1I. The molecule has 8 heteroatoms. The summed E-state index contributed by atoms with van der Waals surface area (Å²) < 4.78 is 0.667. The largest absolute Gasteiger partial charge is 0.345 e. The van der Waals surface area contributed by atoms with Crippen molar-refractivity contribution in [1.82, 2.24) is 10.3 Å². The van der Waals surface area contributed by atoms with E-state index in [0.29, 0.717) is 15.7 Å². The van der Waals surface area contributed by atoms with Crippen molar-refractivity contribution in [3.8, 4) is 0 Å². The highest BCUT2D eigenvalue weighted by Crippen LogP contribution is 2.19. The molecule has 2 rings (SSSR count). The van der Waals surface area contributed by atoms with E-state index < -0.39 is 4.92 Å². The van der Waals surface area contributed by atoms with Crippen molar-refractivity contribution in [2.24, 2.45) is 0 Å². The predicted molar refractivity (Wildman–Crippen MR) is 79.1 cm³/mol. The number of halogens is 1. The molecule has 0 aliphatic carbocycles. The van der Waals surface area contributed by atoms with Crippen LogP contribution < -0.4 is 5.32 Å². The molecule has 0 saturated carbocycles. The van der Waals surface area contributed by atoms with Gasteiger partial charge in [-0.3, -0.25) is 14.9 Å². The quantitative estimate of drug-likeness (QED) is 0.495. The number of nitro benzene ring substituents is 1. The zero-order chi connectivity index (χ0) is 13.8. The molecule has 0 aliphatic rings. The van der Waals surface area contributed by atoms with Crippen LogP contribution in [0.15, 0.2) is 29.8 Å². The topological polar surface area (TPSA) is 85.1 Å². The third-order valence-electron chi connectivity index (χ3n) is 2.29. The van der Waals surface area contributed by atoms with Gasteiger partial charge in [0.1, 0.15) is 5.01 Å². The van der Waals surface area contributed by atoms with Gasteiger partial charge in [0.25, 0.3) is 11.6 Å². The van der Waals surface area contributed by atoms with Crippen molar-refractivity contribution in [2.75, 3.05) is 0 Å². The molecule has 1 aromatic heterocycles. The Labute approximate surface area is 126 Å². The zero-order valence-corrected chi connectivity index (χ0v) is 12.5. The number of amides is 1. The Balaban J connectivity index is 2.14. The van der Waals surface area contributed by atoms with Crippen molar-refractivity contribution < 1.29 is 9.72 Å². The van der Waals surface area contributed by atoms with Gasteiger partial charge in [0.15, 0.2) is 0 Å². The highest BCUT2D eigenvalue weighted by Gasteiger charge is 2.15. The van der Waals surface area contributed by atoms with Gasteiger partial charge in [0.05, 0.1) is 17.0 Å². The number of hydrogen-bond acceptors (Lipinski definition) is 5. The lowest BCUT2D eigenvalue weighted by atomic mass is 10.2. The molecule has 1 aromatic carbocycles. The molecular weight excluding hydrogens is 381 g/mol. The maximum Gasteiger partial charge on any atom is 0.270 e. The van der Waals surface area contributed by atoms with Crippen LogP contribution in [-0.4, -0.2) is 15.8 Å². The lowest BCUT2D eigenvalue weighted by Crippen LogP contribution is -2.23. The van der Waals surface area contributed by atoms with Crippen molar-refractivity contribution in [3.63, 3.8) is 0 Å². The number of carbonyl (C=O) groups is 1. The van der Waals surface area contributed by atoms with E-state index >= 15 is 0 Å². The molecule has 0 atom stereocenters. The standard InChI is InChI=1S/C11H8IN3O3S/c12-9-2-1-7(15(17)18)5-8(9)11(16)14-6-10-13-3-4-19-10/h1-5H,6H2,(H,14,16). The van der Waals surface area contributed by atoms with Crippen LogP contribution in [0.5, 0.6) is 0 Å². The summed E-state index contributed by atoms with van der Waals surface area (Å²) in [5, 5.41) is 16.0. The first-order chi connectivity index (χ1) is 9.08. The summed E-state index contributed by atoms with van der Waals surface area (Å²) >= 11 is 3.41. The molecule has 98 valence electrons. The molecule has 0 bridgehead atoms. The normalized spacial score (nSPS) is 10.2. The number of nitrogens with one attached hydrogen (secondary N) is 1. The number of thiazole rings is 1. The third kappa shape index (κ3) is 3.47. The van der Waals surface area contributed by atoms with Gasteiger partial charge in [-0.15, -0.1) is 11.3 Å². The molecule has 2 aromatic rings. The van der Waals surface area contributed by atoms with Crippen molar-refractivity contribution in [1.29, 1.82) is 0 Å². The van der Waals surface area contributed by atoms with Crippen LogP contribution in [0.4, 0.5) is 5.69 Å². The molecule has 1 N–H and O–H groups in total. The molecule has 0 spiro atoms. The molecule has 0 radical (unpaired) electrons. The summed E-state index contributed by atoms with van der Waals surface area (Å²) in [6.45, 7) is 0.315. The Morgan fingerprint density at radius 2 is 2.32 bits per heavy atom. The second-order valence-corrected chi connectivity index (χ2v) is 5.67. The van der Waals surface area contributed by atoms with Crippen LogP contribution in [-0.2, 0) is 6.54 Å². The molecule has 0 unspecified atom stereocenters. The van der Waals surface area contributed by atoms with Gasteiger partial charge < -0.3 is 5.32 Å². The number of nitrogens with zero attached hydrogens (tertiary/aromatic N) is 2. The van der Waals surface area contributed by atoms with Crippen LogP contribution in [0.25, 0.3) is 0 Å². The summed E-state index contributed by atoms with van der Waals surface area (Å²) in [7, 11) is 0. The van der Waals surface area contributed by atoms with Crippen LogP contribution in [0.1, 0.15) is 15.4 Å². The van der Waals surface area contributed by atoms with E-state index in [-0.39, 0.29) is 11.6 Å². The first-order valence-corrected chi connectivity index (χ1v) is 7.14. The van der Waals surface area contributed by atoms with E-state index in [1.807, 2.05) is 28.0 Å². The van der Waals surface area contributed by atoms with Crippen molar-refractivity contribution in [2.45, 2.75) is 6.54 Å². The Bertz CT molecular complexity index is 616. The van der Waals surface area contributed by atoms with Crippen LogP contribution in [0, 0.1) is 13.7 Å². The van der Waals surface area contributed by atoms with E-state index in [1.54, 1.807) is 12.3 Å². The van der Waals surface area contributed by atoms with Gasteiger partial charge >= 0.3 is 0 Å². The summed E-state index contributed by atoms with van der Waals surface area (Å²) in [5.74, 6) is -0.344. The van der Waals surface area contributed by atoms with Gasteiger partial charge in [0, 0.05) is 27.3 Å². The molecule has 6 nitrogen and oxygen atoms in total. The van der Waals surface area contributed by atoms with Crippen molar-refractivity contribution >= 4 is 45.5 Å². The highest BCUT2D eigenvalue weighted by atomic mass is 127. The minimum atomic E-state index is -0.520. The second kappa shape index (κ2) is 6.06. The number of aromatic nitrogens is 1. The van der Waals surface area contributed by atoms with Gasteiger partial charge in [-0.05, 0) is 28.7 Å². The number of non-ortho nitro benzene ring substituents is 1. The smallest absolute Gasteiger partial charge is 0.270 e. The molecule has 0 saturated heterocycles. The number of carbonyl (C=O) groups excluding carboxylic acids is 1. The maximum atomic E-state index is 12.0. The average molecular weight is 389 g/mol. The summed E-state index contributed by atoms with van der Waals surface area (Å²) in [5.41, 5.74) is 0.200. The second-order valence-electron chi connectivity index (χ2n) is 3.53. The number of benzene rings is 1. The Morgan fingerprint density at radius 3 is 2.95 bits per heavy atom. The molecular formula is C11H8IN3O3S. The van der Waals surface area contributed by atoms with E-state index in [1.165, 1.54) is 23.5 Å². The average Bonchev–Trinajstić information content (AvgIpc) is 2.89. The van der Waals surface area contributed by atoms with E-state index in [9.17, 15) is 14.9 Å². The van der Waals surface area contributed by atoms with E-state index in [0.717, 1.165) is 5.01 Å². The number of rotatable bonds is 4. The predicted octanol–water partition coefficient (Wildman–Crippen LogP) is 2.59. The zero-order valence-electron chi connectivity index (χ0n) is 9.50. The third-order valence-corrected chi connectivity index (χ3v) is 4.01. The van der Waals surface area contributed by atoms with E-state index in [2.05, 4.69) is 10.3 Å². The number of hydrogen-bond donors (Lipinski definition) is 1. The fraction of sp³-hybridized carbons (Fsp3) is 0.0909. The highest BCUT2D eigenvalue weighted by molar-refractivity contribution is 14.1. The molecule has 0 aliphatic heterocycles. The fourth-order valence-corrected chi connectivity index (χ4v) is 2.53. The van der Waals surface area contributed by atoms with Crippen LogP contribution in [0.2, 0.25) is 0 Å². The molecule has 0 fully saturated rings. The monoisotopic (exact) mass is 389 g/mol. The Kier molecular flexibility index (Phi) is 4.43. The minimum absolute atomic E-state index is 0.0974. The summed E-state index contributed by atoms with van der Waals surface area (Å²) in [6.07, 6.45) is 1.66. The van der Waals surface area contributed by atoms with Crippen molar-refractivity contribution in [3.05, 3.63) is 54.0 Å². The molecule has 1 heterocycles.